The van der Waals surface area contributed by atoms with Crippen LogP contribution in [0.2, 0.25) is 0 Å². The number of nitrogens with zero attached hydrogens (tertiary/aromatic N) is 1. The van der Waals surface area contributed by atoms with Crippen molar-refractivity contribution in [2.75, 3.05) is 26.3 Å². The maximum atomic E-state index is 12.4. The molecule has 38 heavy (non-hydrogen) atoms. The van der Waals surface area contributed by atoms with Crippen LogP contribution in [0.15, 0.2) is 60.7 Å². The van der Waals surface area contributed by atoms with E-state index in [1.165, 1.54) is 44.1 Å². The quantitative estimate of drug-likeness (QED) is 0.351. The highest BCUT2D eigenvalue weighted by atomic mass is 35.5. The molecule has 0 radical (unpaired) electrons. The summed E-state index contributed by atoms with van der Waals surface area (Å²) in [4.78, 5) is 2.54. The van der Waals surface area contributed by atoms with Crippen molar-refractivity contribution in [1.82, 2.24) is 4.90 Å². The molecular formula is C33H46ClNO3. The number of fused-ring (bicyclic) bond motifs is 3. The van der Waals surface area contributed by atoms with E-state index in [4.69, 9.17) is 9.47 Å². The van der Waals surface area contributed by atoms with Crippen LogP contribution < -0.4 is 0 Å². The van der Waals surface area contributed by atoms with Crippen molar-refractivity contribution in [3.63, 3.8) is 0 Å². The number of halogens is 1. The molecule has 2 saturated carbocycles. The zero-order valence-corrected chi connectivity index (χ0v) is 23.6. The molecule has 1 N–H and O–H groups in total. The van der Waals surface area contributed by atoms with E-state index in [0.717, 1.165) is 56.7 Å². The number of piperidine rings is 3. The molecule has 5 aliphatic rings. The lowest BCUT2D eigenvalue weighted by molar-refractivity contribution is -0.217. The van der Waals surface area contributed by atoms with Gasteiger partial charge in [0.15, 0.2) is 0 Å². The van der Waals surface area contributed by atoms with Crippen molar-refractivity contribution in [3.8, 4) is 0 Å². The molecule has 0 spiro atoms. The minimum absolute atomic E-state index is 0. The second-order valence-electron chi connectivity index (χ2n) is 12.3. The van der Waals surface area contributed by atoms with Gasteiger partial charge in [-0.1, -0.05) is 86.3 Å². The molecule has 0 aromatic heterocycles. The van der Waals surface area contributed by atoms with Crippen LogP contribution >= 0.6 is 12.4 Å². The first-order chi connectivity index (χ1) is 18.2. The molecule has 3 heterocycles. The lowest BCUT2D eigenvalue weighted by Crippen LogP contribution is -2.53. The van der Waals surface area contributed by atoms with E-state index in [1.54, 1.807) is 0 Å². The molecular weight excluding hydrogens is 494 g/mol. The normalized spacial score (nSPS) is 29.0. The maximum Gasteiger partial charge on any atom is 0.119 e. The Bertz CT molecular complexity index is 986. The second-order valence-corrected chi connectivity index (χ2v) is 12.3. The van der Waals surface area contributed by atoms with Crippen molar-refractivity contribution in [2.24, 2.45) is 17.8 Å². The molecule has 3 unspecified atom stereocenters. The standard InChI is InChI=1S/C33H45NO3.ClH/c35-32(28-13-7-8-14-28,27-11-3-1-4-12-27)24-37-33(30-17-9-10-18-30,29-15-5-2-6-16-29)25-36-31-23-26-19-21-34(31)22-20-26;/h1-6,11-12,15-16,26,28,30-31,35H,7-10,13-14,17-25H2;1H. The summed E-state index contributed by atoms with van der Waals surface area (Å²) in [7, 11) is 0. The van der Waals surface area contributed by atoms with Gasteiger partial charge in [-0.2, -0.15) is 0 Å². The van der Waals surface area contributed by atoms with Gasteiger partial charge in [-0.05, 0) is 73.8 Å². The monoisotopic (exact) mass is 539 g/mol. The fourth-order valence-corrected chi connectivity index (χ4v) is 7.90. The molecule has 2 aromatic carbocycles. The van der Waals surface area contributed by atoms with E-state index in [0.29, 0.717) is 19.1 Å². The maximum absolute atomic E-state index is 12.4. The van der Waals surface area contributed by atoms with Crippen LogP contribution in [0.25, 0.3) is 0 Å². The summed E-state index contributed by atoms with van der Waals surface area (Å²) in [5.41, 5.74) is 0.674. The molecule has 208 valence electrons. The average molecular weight is 540 g/mol. The fourth-order valence-electron chi connectivity index (χ4n) is 7.90. The SMILES string of the molecule is Cl.OC(COC(COC1CC2CCN1CC2)(c1ccccc1)C1CCCC1)(c1ccccc1)C1CCCC1. The first-order valence-electron chi connectivity index (χ1n) is 15.0. The molecule has 4 nitrogen and oxygen atoms in total. The molecule has 2 bridgehead atoms. The van der Waals surface area contributed by atoms with Gasteiger partial charge in [0.1, 0.15) is 17.4 Å². The van der Waals surface area contributed by atoms with E-state index in [9.17, 15) is 5.11 Å². The van der Waals surface area contributed by atoms with Crippen LogP contribution in [0.4, 0.5) is 0 Å². The van der Waals surface area contributed by atoms with E-state index in [2.05, 4.69) is 47.4 Å². The molecule has 7 rings (SSSR count). The molecule has 0 amide bonds. The molecule has 3 atom stereocenters. The Morgan fingerprint density at radius 1 is 0.711 bits per heavy atom. The van der Waals surface area contributed by atoms with Crippen LogP contribution in [0.1, 0.15) is 81.8 Å². The average Bonchev–Trinajstić information content (AvgIpc) is 3.71. The Labute approximate surface area is 235 Å². The van der Waals surface area contributed by atoms with E-state index >= 15 is 0 Å². The molecule has 2 aliphatic carbocycles. The van der Waals surface area contributed by atoms with E-state index < -0.39 is 11.2 Å². The highest BCUT2D eigenvalue weighted by molar-refractivity contribution is 5.85. The van der Waals surface area contributed by atoms with Crippen molar-refractivity contribution in [1.29, 1.82) is 0 Å². The van der Waals surface area contributed by atoms with Crippen LogP contribution in [-0.4, -0.2) is 42.5 Å². The number of aliphatic hydroxyl groups is 1. The Hall–Kier alpha value is -1.43. The van der Waals surface area contributed by atoms with Crippen molar-refractivity contribution in [3.05, 3.63) is 71.8 Å². The van der Waals surface area contributed by atoms with Gasteiger partial charge in [-0.3, -0.25) is 4.90 Å². The predicted octanol–water partition coefficient (Wildman–Crippen LogP) is 7.05. The third-order valence-corrected chi connectivity index (χ3v) is 10.2. The summed E-state index contributed by atoms with van der Waals surface area (Å²) < 4.78 is 14.1. The third kappa shape index (κ3) is 5.58. The Morgan fingerprint density at radius 3 is 1.82 bits per heavy atom. The minimum Gasteiger partial charge on any atom is -0.382 e. The fraction of sp³-hybridized carbons (Fsp3) is 0.636. The van der Waals surface area contributed by atoms with Crippen molar-refractivity contribution >= 4 is 12.4 Å². The van der Waals surface area contributed by atoms with Gasteiger partial charge >= 0.3 is 0 Å². The Balaban J connectivity index is 0.00000294. The van der Waals surface area contributed by atoms with Gasteiger partial charge in [-0.25, -0.2) is 0 Å². The summed E-state index contributed by atoms with van der Waals surface area (Å²) in [5.74, 6) is 1.43. The lowest BCUT2D eigenvalue weighted by atomic mass is 9.78. The first kappa shape index (κ1) is 28.1. The number of rotatable bonds is 10. The van der Waals surface area contributed by atoms with Gasteiger partial charge in [0.25, 0.3) is 0 Å². The van der Waals surface area contributed by atoms with E-state index in [1.807, 2.05) is 18.2 Å². The third-order valence-electron chi connectivity index (χ3n) is 10.2. The highest BCUT2D eigenvalue weighted by Crippen LogP contribution is 2.48. The zero-order valence-electron chi connectivity index (χ0n) is 22.8. The van der Waals surface area contributed by atoms with Crippen molar-refractivity contribution in [2.45, 2.75) is 88.1 Å². The number of hydrogen-bond acceptors (Lipinski definition) is 4. The summed E-state index contributed by atoms with van der Waals surface area (Å²) in [6, 6.07) is 21.1. The zero-order chi connectivity index (χ0) is 25.1. The number of ether oxygens (including phenoxy) is 2. The van der Waals surface area contributed by atoms with Crippen LogP contribution in [-0.2, 0) is 20.7 Å². The van der Waals surface area contributed by atoms with Gasteiger partial charge in [0.05, 0.1) is 13.2 Å². The molecule has 3 aliphatic heterocycles. The lowest BCUT2D eigenvalue weighted by Gasteiger charge is -2.48. The second kappa shape index (κ2) is 12.4. The summed E-state index contributed by atoms with van der Waals surface area (Å²) in [5, 5.41) is 12.4. The number of hydrogen-bond donors (Lipinski definition) is 1. The molecule has 5 heteroatoms. The highest BCUT2D eigenvalue weighted by Gasteiger charge is 2.48. The van der Waals surface area contributed by atoms with Gasteiger partial charge < -0.3 is 14.6 Å². The van der Waals surface area contributed by atoms with Gasteiger partial charge in [0, 0.05) is 13.1 Å². The van der Waals surface area contributed by atoms with Crippen LogP contribution in [0, 0.1) is 17.8 Å². The molecule has 2 aromatic rings. The molecule has 5 fully saturated rings. The topological polar surface area (TPSA) is 41.9 Å². The van der Waals surface area contributed by atoms with Crippen LogP contribution in [0.3, 0.4) is 0 Å². The van der Waals surface area contributed by atoms with Crippen LogP contribution in [0.5, 0.6) is 0 Å². The smallest absolute Gasteiger partial charge is 0.119 e. The Kier molecular flexibility index (Phi) is 9.17. The first-order valence-corrected chi connectivity index (χ1v) is 15.0. The summed E-state index contributed by atoms with van der Waals surface area (Å²) >= 11 is 0. The number of benzene rings is 2. The van der Waals surface area contributed by atoms with E-state index in [-0.39, 0.29) is 24.6 Å². The van der Waals surface area contributed by atoms with Crippen molar-refractivity contribution < 1.29 is 14.6 Å². The Morgan fingerprint density at radius 2 is 1.26 bits per heavy atom. The summed E-state index contributed by atoms with van der Waals surface area (Å²) in [6.07, 6.45) is 13.3. The van der Waals surface area contributed by atoms with Gasteiger partial charge in [0.2, 0.25) is 0 Å². The summed E-state index contributed by atoms with van der Waals surface area (Å²) in [6.45, 7) is 3.19. The minimum atomic E-state index is -0.982. The molecule has 3 saturated heterocycles. The van der Waals surface area contributed by atoms with Gasteiger partial charge in [-0.15, -0.1) is 12.4 Å². The largest absolute Gasteiger partial charge is 0.382 e. The predicted molar refractivity (Wildman–Crippen MR) is 154 cm³/mol.